The first-order valence-electron chi connectivity index (χ1n) is 9.86. The first-order chi connectivity index (χ1) is 14.3. The molecule has 1 atom stereocenters. The van der Waals surface area contributed by atoms with E-state index in [0.29, 0.717) is 35.8 Å². The van der Waals surface area contributed by atoms with Gasteiger partial charge in [-0.25, -0.2) is 17.6 Å². The molecule has 2 N–H and O–H groups in total. The summed E-state index contributed by atoms with van der Waals surface area (Å²) in [7, 11) is -3.73. The Morgan fingerprint density at radius 3 is 2.63 bits per heavy atom. The molecule has 0 aliphatic carbocycles. The molecule has 2 amide bonds. The Morgan fingerprint density at radius 2 is 1.93 bits per heavy atom. The van der Waals surface area contributed by atoms with Gasteiger partial charge in [0.15, 0.2) is 0 Å². The fraction of sp³-hybridized carbons (Fsp3) is 0.381. The number of carbonyl (C=O) groups excluding carboxylic acids is 1. The molecule has 30 heavy (non-hydrogen) atoms. The lowest BCUT2D eigenvalue weighted by molar-refractivity contribution is 0.234. The van der Waals surface area contributed by atoms with Gasteiger partial charge in [0.2, 0.25) is 10.0 Å². The molecule has 1 heterocycles. The van der Waals surface area contributed by atoms with Crippen LogP contribution in [-0.2, 0) is 10.0 Å². The van der Waals surface area contributed by atoms with Crippen LogP contribution in [0.25, 0.3) is 0 Å². The Kier molecular flexibility index (Phi) is 7.33. The second-order valence-electron chi connectivity index (χ2n) is 7.35. The van der Waals surface area contributed by atoms with E-state index in [4.69, 9.17) is 11.6 Å². The lowest BCUT2D eigenvalue weighted by Gasteiger charge is -2.34. The van der Waals surface area contributed by atoms with Gasteiger partial charge >= 0.3 is 6.03 Å². The highest BCUT2D eigenvalue weighted by Gasteiger charge is 2.33. The van der Waals surface area contributed by atoms with Crippen LogP contribution in [-0.4, -0.2) is 37.9 Å². The van der Waals surface area contributed by atoms with Gasteiger partial charge in [-0.15, -0.1) is 0 Å². The molecular formula is C21H25ClFN3O3S. The maximum Gasteiger partial charge on any atom is 0.319 e. The van der Waals surface area contributed by atoms with E-state index in [9.17, 15) is 17.6 Å². The molecule has 6 nitrogen and oxygen atoms in total. The van der Waals surface area contributed by atoms with E-state index in [1.54, 1.807) is 31.2 Å². The largest absolute Gasteiger partial charge is 0.338 e. The Bertz CT molecular complexity index is 999. The number of urea groups is 1. The quantitative estimate of drug-likeness (QED) is 0.673. The lowest BCUT2D eigenvalue weighted by atomic mass is 10.0. The minimum atomic E-state index is -3.73. The average Bonchev–Trinajstić information content (AvgIpc) is 2.72. The molecule has 0 bridgehead atoms. The van der Waals surface area contributed by atoms with E-state index in [0.717, 1.165) is 19.3 Å². The normalized spacial score (nSPS) is 17.5. The molecule has 3 rings (SSSR count). The molecule has 2 aromatic carbocycles. The van der Waals surface area contributed by atoms with Gasteiger partial charge in [-0.3, -0.25) is 0 Å². The van der Waals surface area contributed by atoms with Gasteiger partial charge in [0.25, 0.3) is 0 Å². The van der Waals surface area contributed by atoms with Gasteiger partial charge in [0.05, 0.1) is 4.90 Å². The second-order valence-corrected chi connectivity index (χ2v) is 9.68. The van der Waals surface area contributed by atoms with Gasteiger partial charge in [0, 0.05) is 29.8 Å². The second kappa shape index (κ2) is 9.76. The van der Waals surface area contributed by atoms with Crippen molar-refractivity contribution in [2.24, 2.45) is 0 Å². The number of sulfonamides is 1. The van der Waals surface area contributed by atoms with Crippen LogP contribution in [0.1, 0.15) is 31.2 Å². The zero-order valence-corrected chi connectivity index (χ0v) is 18.3. The third kappa shape index (κ3) is 5.50. The number of anilines is 1. The van der Waals surface area contributed by atoms with Crippen LogP contribution in [0.2, 0.25) is 5.02 Å². The number of hydrogen-bond acceptors (Lipinski definition) is 3. The molecular weight excluding hydrogens is 429 g/mol. The summed E-state index contributed by atoms with van der Waals surface area (Å²) < 4.78 is 41.3. The van der Waals surface area contributed by atoms with E-state index in [-0.39, 0.29) is 17.0 Å². The zero-order chi connectivity index (χ0) is 21.7. The standard InChI is InChI=1S/C21H25ClFN3O3S/c1-15-14-19(9-10-20(15)23)30(28,29)26-13-3-2-4-18(26)11-12-24-21(27)25-17-7-5-16(22)6-8-17/h5-10,14,18H,2-4,11-13H2,1H3,(H2,24,25,27). The van der Waals surface area contributed by atoms with Crippen LogP contribution in [0.4, 0.5) is 14.9 Å². The summed E-state index contributed by atoms with van der Waals surface area (Å²) in [4.78, 5) is 12.2. The number of nitrogens with one attached hydrogen (secondary N) is 2. The number of piperidine rings is 1. The summed E-state index contributed by atoms with van der Waals surface area (Å²) in [5.74, 6) is -0.431. The van der Waals surface area contributed by atoms with Gasteiger partial charge < -0.3 is 10.6 Å². The molecule has 1 saturated heterocycles. The molecule has 0 saturated carbocycles. The van der Waals surface area contributed by atoms with Gasteiger partial charge in [-0.05, 0) is 74.2 Å². The smallest absolute Gasteiger partial charge is 0.319 e. The van der Waals surface area contributed by atoms with Crippen LogP contribution in [0, 0.1) is 12.7 Å². The molecule has 0 radical (unpaired) electrons. The van der Waals surface area contributed by atoms with E-state index in [2.05, 4.69) is 10.6 Å². The van der Waals surface area contributed by atoms with Crippen LogP contribution < -0.4 is 10.6 Å². The first kappa shape index (κ1) is 22.5. The number of rotatable bonds is 6. The lowest BCUT2D eigenvalue weighted by Crippen LogP contribution is -2.45. The molecule has 1 aliphatic rings. The monoisotopic (exact) mass is 453 g/mol. The maximum absolute atomic E-state index is 13.6. The van der Waals surface area contributed by atoms with Crippen molar-refractivity contribution in [2.75, 3.05) is 18.4 Å². The zero-order valence-electron chi connectivity index (χ0n) is 16.7. The summed E-state index contributed by atoms with van der Waals surface area (Å²) in [5, 5.41) is 6.06. The summed E-state index contributed by atoms with van der Waals surface area (Å²) in [6.45, 7) is 2.30. The topological polar surface area (TPSA) is 78.5 Å². The minimum absolute atomic E-state index is 0.0988. The number of aryl methyl sites for hydroxylation is 1. The van der Waals surface area contributed by atoms with Crippen LogP contribution in [0.15, 0.2) is 47.4 Å². The molecule has 1 unspecified atom stereocenters. The molecule has 0 spiro atoms. The van der Waals surface area contributed by atoms with Crippen molar-refractivity contribution in [1.29, 1.82) is 0 Å². The summed E-state index contributed by atoms with van der Waals surface area (Å²) in [6.07, 6.45) is 2.92. The number of hydrogen-bond donors (Lipinski definition) is 2. The first-order valence-corrected chi connectivity index (χ1v) is 11.7. The van der Waals surface area contributed by atoms with E-state index >= 15 is 0 Å². The van der Waals surface area contributed by atoms with Crippen molar-refractivity contribution < 1.29 is 17.6 Å². The minimum Gasteiger partial charge on any atom is -0.338 e. The fourth-order valence-corrected chi connectivity index (χ4v) is 5.49. The van der Waals surface area contributed by atoms with Gasteiger partial charge in [-0.2, -0.15) is 4.31 Å². The summed E-state index contributed by atoms with van der Waals surface area (Å²) in [6, 6.07) is 10.0. The van der Waals surface area contributed by atoms with Crippen LogP contribution in [0.5, 0.6) is 0 Å². The van der Waals surface area contributed by atoms with E-state index < -0.39 is 15.8 Å². The number of carbonyl (C=O) groups is 1. The number of halogens is 2. The molecule has 162 valence electrons. The van der Waals surface area contributed by atoms with E-state index in [1.807, 2.05) is 0 Å². The molecule has 1 fully saturated rings. The SMILES string of the molecule is Cc1cc(S(=O)(=O)N2CCCCC2CCNC(=O)Nc2ccc(Cl)cc2)ccc1F. The van der Waals surface area contributed by atoms with Crippen molar-refractivity contribution in [1.82, 2.24) is 9.62 Å². The van der Waals surface area contributed by atoms with Gasteiger partial charge in [0.1, 0.15) is 5.82 Å². The summed E-state index contributed by atoms with van der Waals surface area (Å²) in [5.41, 5.74) is 0.913. The van der Waals surface area contributed by atoms with Gasteiger partial charge in [-0.1, -0.05) is 18.0 Å². The maximum atomic E-state index is 13.6. The number of benzene rings is 2. The number of nitrogens with zero attached hydrogens (tertiary/aromatic N) is 1. The Balaban J connectivity index is 1.60. The molecule has 2 aromatic rings. The highest BCUT2D eigenvalue weighted by Crippen LogP contribution is 2.27. The van der Waals surface area contributed by atoms with Crippen LogP contribution in [0.3, 0.4) is 0 Å². The molecule has 9 heteroatoms. The summed E-state index contributed by atoms with van der Waals surface area (Å²) >= 11 is 5.83. The van der Waals surface area contributed by atoms with Crippen molar-refractivity contribution in [3.63, 3.8) is 0 Å². The third-order valence-electron chi connectivity index (χ3n) is 5.17. The average molecular weight is 454 g/mol. The molecule has 1 aliphatic heterocycles. The van der Waals surface area contributed by atoms with Crippen molar-refractivity contribution in [3.05, 3.63) is 58.9 Å². The number of amides is 2. The highest BCUT2D eigenvalue weighted by molar-refractivity contribution is 7.89. The van der Waals surface area contributed by atoms with E-state index in [1.165, 1.54) is 22.5 Å². The third-order valence-corrected chi connectivity index (χ3v) is 7.37. The Hall–Kier alpha value is -2.16. The predicted molar refractivity (Wildman–Crippen MR) is 116 cm³/mol. The van der Waals surface area contributed by atoms with Crippen LogP contribution >= 0.6 is 11.6 Å². The Labute approximate surface area is 181 Å². The van der Waals surface area contributed by atoms with Crippen molar-refractivity contribution in [2.45, 2.75) is 43.5 Å². The Morgan fingerprint density at radius 1 is 1.20 bits per heavy atom. The fourth-order valence-electron chi connectivity index (χ4n) is 3.55. The highest BCUT2D eigenvalue weighted by atomic mass is 35.5. The van der Waals surface area contributed by atoms with Crippen molar-refractivity contribution in [3.8, 4) is 0 Å². The molecule has 0 aromatic heterocycles. The van der Waals surface area contributed by atoms with Crippen molar-refractivity contribution >= 4 is 33.3 Å². The predicted octanol–water partition coefficient (Wildman–Crippen LogP) is 4.54.